The zero-order valence-corrected chi connectivity index (χ0v) is 17.9. The molecule has 0 saturated heterocycles. The second-order valence-electron chi connectivity index (χ2n) is 7.24. The summed E-state index contributed by atoms with van der Waals surface area (Å²) >= 11 is 0. The van der Waals surface area contributed by atoms with Crippen LogP contribution in [-0.2, 0) is 14.8 Å². The van der Waals surface area contributed by atoms with Crippen LogP contribution < -0.4 is 9.62 Å². The summed E-state index contributed by atoms with van der Waals surface area (Å²) in [5.41, 5.74) is 4.42. The van der Waals surface area contributed by atoms with Crippen molar-refractivity contribution in [2.75, 3.05) is 10.6 Å². The number of anilines is 1. The average molecular weight is 407 g/mol. The van der Waals surface area contributed by atoms with E-state index in [4.69, 9.17) is 0 Å². The van der Waals surface area contributed by atoms with Gasteiger partial charge in [0.2, 0.25) is 15.9 Å². The Balaban J connectivity index is 2.30. The summed E-state index contributed by atoms with van der Waals surface area (Å²) < 4.78 is 39.1. The van der Waals surface area contributed by atoms with Crippen molar-refractivity contribution in [3.8, 4) is 0 Å². The van der Waals surface area contributed by atoms with Gasteiger partial charge < -0.3 is 5.32 Å². The van der Waals surface area contributed by atoms with Gasteiger partial charge in [-0.1, -0.05) is 18.2 Å². The molecule has 2 aromatic rings. The Morgan fingerprint density at radius 1 is 1.04 bits per heavy atom. The van der Waals surface area contributed by atoms with Crippen LogP contribution in [0.3, 0.4) is 0 Å². The quantitative estimate of drug-likeness (QED) is 0.794. The van der Waals surface area contributed by atoms with E-state index >= 15 is 0 Å². The van der Waals surface area contributed by atoms with Crippen molar-refractivity contribution in [3.63, 3.8) is 0 Å². The predicted octanol–water partition coefficient (Wildman–Crippen LogP) is 3.78. The third kappa shape index (κ3) is 4.90. The molecule has 0 aliphatic rings. The van der Waals surface area contributed by atoms with Gasteiger partial charge in [-0.05, 0) is 75.1 Å². The SMILES string of the molecule is Cc1cc(C)c([C@H](C)NC(=O)[C@@H](C)N(c2cccc(F)c2)S(C)(=O)=O)cc1C. The summed E-state index contributed by atoms with van der Waals surface area (Å²) in [6.45, 7) is 9.35. The van der Waals surface area contributed by atoms with Gasteiger partial charge in [0.1, 0.15) is 11.9 Å². The van der Waals surface area contributed by atoms with Crippen LogP contribution >= 0.6 is 0 Å². The largest absolute Gasteiger partial charge is 0.348 e. The Hall–Kier alpha value is -2.41. The highest BCUT2D eigenvalue weighted by Crippen LogP contribution is 2.24. The van der Waals surface area contributed by atoms with Gasteiger partial charge in [-0.2, -0.15) is 0 Å². The van der Waals surface area contributed by atoms with Crippen molar-refractivity contribution in [3.05, 3.63) is 64.5 Å². The van der Waals surface area contributed by atoms with Crippen LogP contribution in [0.25, 0.3) is 0 Å². The second kappa shape index (κ2) is 8.31. The molecule has 0 heterocycles. The number of amides is 1. The molecular weight excluding hydrogens is 379 g/mol. The average Bonchev–Trinajstić information content (AvgIpc) is 2.56. The van der Waals surface area contributed by atoms with Crippen molar-refractivity contribution in [2.45, 2.75) is 46.7 Å². The van der Waals surface area contributed by atoms with Gasteiger partial charge in [0.05, 0.1) is 18.0 Å². The Labute approximate surface area is 166 Å². The number of carbonyl (C=O) groups is 1. The smallest absolute Gasteiger partial charge is 0.244 e. The van der Waals surface area contributed by atoms with Crippen LogP contribution in [0.1, 0.15) is 42.1 Å². The highest BCUT2D eigenvalue weighted by molar-refractivity contribution is 7.92. The molecule has 0 bridgehead atoms. The Morgan fingerprint density at radius 2 is 1.64 bits per heavy atom. The van der Waals surface area contributed by atoms with Gasteiger partial charge in [-0.25, -0.2) is 12.8 Å². The van der Waals surface area contributed by atoms with Crippen molar-refractivity contribution in [2.24, 2.45) is 0 Å². The third-order valence-corrected chi connectivity index (χ3v) is 6.10. The number of carbonyl (C=O) groups excluding carboxylic acids is 1. The lowest BCUT2D eigenvalue weighted by atomic mass is 9.96. The number of benzene rings is 2. The standard InChI is InChI=1S/C21H27FN2O3S/c1-13-10-15(3)20(11-14(13)2)16(4)23-21(25)17(5)24(28(6,26)27)19-9-7-8-18(22)12-19/h7-12,16-17H,1-6H3,(H,23,25)/t16-,17+/m0/s1. The molecule has 0 spiro atoms. The lowest BCUT2D eigenvalue weighted by Gasteiger charge is -2.29. The van der Waals surface area contributed by atoms with Crippen molar-refractivity contribution < 1.29 is 17.6 Å². The van der Waals surface area contributed by atoms with Gasteiger partial charge in [0.15, 0.2) is 0 Å². The molecule has 0 aromatic heterocycles. The first-order valence-corrected chi connectivity index (χ1v) is 10.9. The molecule has 2 rings (SSSR count). The Morgan fingerprint density at radius 3 is 2.21 bits per heavy atom. The molecule has 2 atom stereocenters. The molecule has 0 radical (unpaired) electrons. The third-order valence-electron chi connectivity index (χ3n) is 4.86. The number of aryl methyl sites for hydroxylation is 3. The van der Waals surface area contributed by atoms with Gasteiger partial charge in [0, 0.05) is 0 Å². The molecule has 28 heavy (non-hydrogen) atoms. The van der Waals surface area contributed by atoms with E-state index < -0.39 is 27.8 Å². The molecular formula is C21H27FN2O3S. The van der Waals surface area contributed by atoms with Gasteiger partial charge in [-0.3, -0.25) is 9.10 Å². The molecule has 0 fully saturated rings. The molecule has 0 aliphatic heterocycles. The molecule has 1 N–H and O–H groups in total. The van der Waals surface area contributed by atoms with Crippen molar-refractivity contribution in [1.29, 1.82) is 0 Å². The van der Waals surface area contributed by atoms with E-state index in [-0.39, 0.29) is 11.7 Å². The van der Waals surface area contributed by atoms with E-state index in [1.165, 1.54) is 30.7 Å². The van der Waals surface area contributed by atoms with Gasteiger partial charge in [0.25, 0.3) is 0 Å². The summed E-state index contributed by atoms with van der Waals surface area (Å²) in [6.07, 6.45) is 0.999. The first-order valence-electron chi connectivity index (χ1n) is 9.05. The van der Waals surface area contributed by atoms with Gasteiger partial charge >= 0.3 is 0 Å². The lowest BCUT2D eigenvalue weighted by molar-refractivity contribution is -0.122. The molecule has 152 valence electrons. The van der Waals surface area contributed by atoms with E-state index in [2.05, 4.69) is 11.4 Å². The first kappa shape index (κ1) is 21.9. The maximum Gasteiger partial charge on any atom is 0.244 e. The minimum absolute atomic E-state index is 0.111. The summed E-state index contributed by atoms with van der Waals surface area (Å²) in [5, 5.41) is 2.88. The van der Waals surface area contributed by atoms with Gasteiger partial charge in [-0.15, -0.1) is 0 Å². The number of rotatable bonds is 6. The predicted molar refractivity (Wildman–Crippen MR) is 110 cm³/mol. The summed E-state index contributed by atoms with van der Waals surface area (Å²) in [5.74, 6) is -1.03. The number of hydrogen-bond acceptors (Lipinski definition) is 3. The van der Waals surface area contributed by atoms with Crippen LogP contribution in [0.2, 0.25) is 0 Å². The molecule has 0 aliphatic carbocycles. The van der Waals surface area contributed by atoms with Crippen LogP contribution in [0, 0.1) is 26.6 Å². The normalized spacial score (nSPS) is 13.7. The second-order valence-corrected chi connectivity index (χ2v) is 9.10. The van der Waals surface area contributed by atoms with E-state index in [0.717, 1.165) is 33.3 Å². The van der Waals surface area contributed by atoms with Crippen molar-refractivity contribution in [1.82, 2.24) is 5.32 Å². The fourth-order valence-electron chi connectivity index (χ4n) is 3.28. The zero-order valence-electron chi connectivity index (χ0n) is 17.1. The highest BCUT2D eigenvalue weighted by atomic mass is 32.2. The van der Waals surface area contributed by atoms with Crippen LogP contribution in [0.4, 0.5) is 10.1 Å². The van der Waals surface area contributed by atoms with E-state index in [1.807, 2.05) is 33.8 Å². The van der Waals surface area contributed by atoms with E-state index in [9.17, 15) is 17.6 Å². The van der Waals surface area contributed by atoms with Crippen molar-refractivity contribution >= 4 is 21.6 Å². The lowest BCUT2D eigenvalue weighted by Crippen LogP contribution is -2.48. The van der Waals surface area contributed by atoms with E-state index in [1.54, 1.807) is 0 Å². The first-order chi connectivity index (χ1) is 12.9. The number of nitrogens with zero attached hydrogens (tertiary/aromatic N) is 1. The minimum atomic E-state index is -3.79. The maximum atomic E-state index is 13.6. The number of nitrogens with one attached hydrogen (secondary N) is 1. The number of halogens is 1. The van der Waals surface area contributed by atoms with Crippen LogP contribution in [0.5, 0.6) is 0 Å². The summed E-state index contributed by atoms with van der Waals surface area (Å²) in [7, 11) is -3.79. The highest BCUT2D eigenvalue weighted by Gasteiger charge is 2.30. The van der Waals surface area contributed by atoms with E-state index in [0.29, 0.717) is 0 Å². The zero-order chi connectivity index (χ0) is 21.2. The molecule has 5 nitrogen and oxygen atoms in total. The minimum Gasteiger partial charge on any atom is -0.348 e. The topological polar surface area (TPSA) is 66.5 Å². The Bertz CT molecular complexity index is 989. The summed E-state index contributed by atoms with van der Waals surface area (Å²) in [4.78, 5) is 12.8. The fourth-order valence-corrected chi connectivity index (χ4v) is 4.45. The molecule has 0 saturated carbocycles. The maximum absolute atomic E-state index is 13.6. The Kier molecular flexibility index (Phi) is 6.49. The monoisotopic (exact) mass is 406 g/mol. The summed E-state index contributed by atoms with van der Waals surface area (Å²) in [6, 6.07) is 7.95. The van der Waals surface area contributed by atoms with Crippen LogP contribution in [-0.4, -0.2) is 26.6 Å². The number of hydrogen-bond donors (Lipinski definition) is 1. The molecule has 2 aromatic carbocycles. The molecule has 0 unspecified atom stereocenters. The molecule has 7 heteroatoms. The van der Waals surface area contributed by atoms with Crippen LogP contribution in [0.15, 0.2) is 36.4 Å². The fraction of sp³-hybridized carbons (Fsp3) is 0.381. The number of sulfonamides is 1. The molecule has 1 amide bonds.